The fourth-order valence-electron chi connectivity index (χ4n) is 2.38. The molecule has 0 radical (unpaired) electrons. The van der Waals surface area contributed by atoms with E-state index in [9.17, 15) is 14.9 Å². The zero-order valence-electron chi connectivity index (χ0n) is 12.3. The Bertz CT molecular complexity index is 987. The molecule has 24 heavy (non-hydrogen) atoms. The number of nitrogens with one attached hydrogen (secondary N) is 1. The van der Waals surface area contributed by atoms with Crippen LogP contribution in [-0.2, 0) is 11.3 Å². The van der Waals surface area contributed by atoms with E-state index in [1.165, 1.54) is 16.9 Å². The van der Waals surface area contributed by atoms with Gasteiger partial charge < -0.3 is 5.32 Å². The molecule has 118 valence electrons. The molecule has 0 aliphatic heterocycles. The van der Waals surface area contributed by atoms with Gasteiger partial charge in [-0.05, 0) is 24.3 Å². The molecule has 1 amide bonds. The monoisotopic (exact) mass is 321 g/mol. The van der Waals surface area contributed by atoms with Crippen LogP contribution in [0.15, 0.2) is 48.7 Å². The molecule has 0 unspecified atom stereocenters. The van der Waals surface area contributed by atoms with Crippen molar-refractivity contribution in [2.45, 2.75) is 6.54 Å². The van der Waals surface area contributed by atoms with E-state index in [0.29, 0.717) is 22.2 Å². The summed E-state index contributed by atoms with van der Waals surface area (Å²) in [5.74, 6) is -0.346. The topological polar surface area (TPSA) is 114 Å². The van der Waals surface area contributed by atoms with Crippen molar-refractivity contribution in [3.63, 3.8) is 0 Å². The van der Waals surface area contributed by atoms with Gasteiger partial charge in [-0.25, -0.2) is 0 Å². The first-order valence-corrected chi connectivity index (χ1v) is 6.97. The SMILES string of the molecule is N#Cc1cccc(NC(=O)Cn2ncc3c([N+](=O)[O-])cccc32)c1. The van der Waals surface area contributed by atoms with Crippen LogP contribution < -0.4 is 5.32 Å². The lowest BCUT2D eigenvalue weighted by molar-refractivity contribution is -0.383. The van der Waals surface area contributed by atoms with Gasteiger partial charge in [-0.3, -0.25) is 19.6 Å². The Morgan fingerprint density at radius 1 is 1.33 bits per heavy atom. The van der Waals surface area contributed by atoms with Gasteiger partial charge in [-0.1, -0.05) is 12.1 Å². The van der Waals surface area contributed by atoms with E-state index in [2.05, 4.69) is 10.4 Å². The van der Waals surface area contributed by atoms with Gasteiger partial charge in [0.2, 0.25) is 5.91 Å². The van der Waals surface area contributed by atoms with Crippen molar-refractivity contribution in [2.75, 3.05) is 5.32 Å². The third kappa shape index (κ3) is 2.91. The molecule has 0 saturated carbocycles. The maximum atomic E-state index is 12.2. The number of fused-ring (bicyclic) bond motifs is 1. The molecule has 8 heteroatoms. The number of nitrogens with zero attached hydrogens (tertiary/aromatic N) is 4. The molecule has 3 aromatic rings. The summed E-state index contributed by atoms with van der Waals surface area (Å²) in [6.07, 6.45) is 1.37. The normalized spacial score (nSPS) is 10.3. The Hall–Kier alpha value is -3.73. The van der Waals surface area contributed by atoms with Gasteiger partial charge in [0.25, 0.3) is 5.69 Å². The number of amides is 1. The van der Waals surface area contributed by atoms with Crippen LogP contribution >= 0.6 is 0 Å². The van der Waals surface area contributed by atoms with Crippen LogP contribution in [0.2, 0.25) is 0 Å². The second kappa shape index (κ2) is 6.18. The molecule has 1 N–H and O–H groups in total. The predicted molar refractivity (Wildman–Crippen MR) is 86.2 cm³/mol. The van der Waals surface area contributed by atoms with Crippen molar-refractivity contribution in [3.8, 4) is 6.07 Å². The van der Waals surface area contributed by atoms with Gasteiger partial charge in [-0.15, -0.1) is 0 Å². The standard InChI is InChI=1S/C16H11N5O3/c17-8-11-3-1-4-12(7-11)19-16(22)10-20-14-5-2-6-15(21(23)24)13(14)9-18-20/h1-7,9H,10H2,(H,19,22). The Morgan fingerprint density at radius 2 is 2.12 bits per heavy atom. The highest BCUT2D eigenvalue weighted by atomic mass is 16.6. The zero-order valence-corrected chi connectivity index (χ0v) is 12.3. The van der Waals surface area contributed by atoms with Crippen LogP contribution in [0.25, 0.3) is 10.9 Å². The summed E-state index contributed by atoms with van der Waals surface area (Å²) in [4.78, 5) is 22.7. The first kappa shape index (κ1) is 15.2. The lowest BCUT2D eigenvalue weighted by Gasteiger charge is -2.06. The van der Waals surface area contributed by atoms with E-state index < -0.39 is 4.92 Å². The van der Waals surface area contributed by atoms with Crippen LogP contribution in [-0.4, -0.2) is 20.6 Å². The average molecular weight is 321 g/mol. The first-order chi connectivity index (χ1) is 11.6. The second-order valence-corrected chi connectivity index (χ2v) is 5.01. The molecule has 0 atom stereocenters. The summed E-state index contributed by atoms with van der Waals surface area (Å²) in [5, 5.41) is 27.0. The van der Waals surface area contributed by atoms with E-state index in [1.807, 2.05) is 6.07 Å². The minimum Gasteiger partial charge on any atom is -0.324 e. The third-order valence-electron chi connectivity index (χ3n) is 3.43. The number of rotatable bonds is 4. The van der Waals surface area contributed by atoms with Crippen LogP contribution in [0.3, 0.4) is 0 Å². The Balaban J connectivity index is 1.82. The molecule has 2 aromatic carbocycles. The number of nitro groups is 1. The van der Waals surface area contributed by atoms with Crippen molar-refractivity contribution in [2.24, 2.45) is 0 Å². The van der Waals surface area contributed by atoms with Gasteiger partial charge in [-0.2, -0.15) is 10.4 Å². The van der Waals surface area contributed by atoms with Crippen molar-refractivity contribution < 1.29 is 9.72 Å². The molecule has 0 spiro atoms. The molecule has 0 bridgehead atoms. The lowest BCUT2D eigenvalue weighted by atomic mass is 10.2. The summed E-state index contributed by atoms with van der Waals surface area (Å²) in [7, 11) is 0. The number of nitro benzene ring substituents is 1. The summed E-state index contributed by atoms with van der Waals surface area (Å²) >= 11 is 0. The van der Waals surface area contributed by atoms with Crippen LogP contribution in [0, 0.1) is 21.4 Å². The molecular weight excluding hydrogens is 310 g/mol. The highest BCUT2D eigenvalue weighted by molar-refractivity contribution is 5.93. The molecular formula is C16H11N5O3. The predicted octanol–water partition coefficient (Wildman–Crippen LogP) is 2.45. The van der Waals surface area contributed by atoms with E-state index in [4.69, 9.17) is 5.26 Å². The minimum atomic E-state index is -0.484. The number of nitriles is 1. The smallest absolute Gasteiger partial charge is 0.280 e. The Labute approximate surface area is 136 Å². The second-order valence-electron chi connectivity index (χ2n) is 5.01. The molecule has 1 aromatic heterocycles. The number of aromatic nitrogens is 2. The van der Waals surface area contributed by atoms with Gasteiger partial charge in [0.05, 0.1) is 33.7 Å². The summed E-state index contributed by atoms with van der Waals surface area (Å²) in [5.41, 5.74) is 1.39. The van der Waals surface area contributed by atoms with Gasteiger partial charge in [0.15, 0.2) is 0 Å². The van der Waals surface area contributed by atoms with Gasteiger partial charge in [0.1, 0.15) is 6.54 Å². The maximum absolute atomic E-state index is 12.2. The van der Waals surface area contributed by atoms with E-state index in [-0.39, 0.29) is 18.1 Å². The molecule has 3 rings (SSSR count). The fraction of sp³-hybridized carbons (Fsp3) is 0.0625. The number of hydrogen-bond donors (Lipinski definition) is 1. The average Bonchev–Trinajstić information content (AvgIpc) is 2.97. The Morgan fingerprint density at radius 3 is 2.88 bits per heavy atom. The number of non-ortho nitro benzene ring substituents is 1. The molecule has 0 saturated heterocycles. The van der Waals surface area contributed by atoms with Gasteiger partial charge >= 0.3 is 0 Å². The minimum absolute atomic E-state index is 0.0547. The third-order valence-corrected chi connectivity index (χ3v) is 3.43. The fourth-order valence-corrected chi connectivity index (χ4v) is 2.38. The lowest BCUT2D eigenvalue weighted by Crippen LogP contribution is -2.19. The first-order valence-electron chi connectivity index (χ1n) is 6.97. The number of anilines is 1. The number of carbonyl (C=O) groups is 1. The van der Waals surface area contributed by atoms with Gasteiger partial charge in [0, 0.05) is 11.8 Å². The summed E-state index contributed by atoms with van der Waals surface area (Å²) in [6.45, 7) is -0.0958. The van der Waals surface area contributed by atoms with E-state index in [1.54, 1.807) is 36.4 Å². The zero-order chi connectivity index (χ0) is 17.1. The molecule has 0 fully saturated rings. The quantitative estimate of drug-likeness (QED) is 0.585. The summed E-state index contributed by atoms with van der Waals surface area (Å²) < 4.78 is 1.39. The van der Waals surface area contributed by atoms with Crippen LogP contribution in [0.4, 0.5) is 11.4 Å². The Kier molecular flexibility index (Phi) is 3.91. The molecule has 0 aliphatic rings. The van der Waals surface area contributed by atoms with Crippen molar-refractivity contribution in [3.05, 3.63) is 64.3 Å². The van der Waals surface area contributed by atoms with Crippen molar-refractivity contribution in [1.82, 2.24) is 9.78 Å². The molecule has 8 nitrogen and oxygen atoms in total. The highest BCUT2D eigenvalue weighted by Crippen LogP contribution is 2.24. The largest absolute Gasteiger partial charge is 0.324 e. The highest BCUT2D eigenvalue weighted by Gasteiger charge is 2.16. The van der Waals surface area contributed by atoms with Crippen molar-refractivity contribution in [1.29, 1.82) is 5.26 Å². The molecule has 1 heterocycles. The summed E-state index contributed by atoms with van der Waals surface area (Å²) in [6, 6.07) is 13.1. The number of hydrogen-bond acceptors (Lipinski definition) is 5. The number of carbonyl (C=O) groups excluding carboxylic acids is 1. The van der Waals surface area contributed by atoms with Crippen LogP contribution in [0.1, 0.15) is 5.56 Å². The van der Waals surface area contributed by atoms with E-state index in [0.717, 1.165) is 0 Å². The van der Waals surface area contributed by atoms with E-state index >= 15 is 0 Å². The van der Waals surface area contributed by atoms with Crippen molar-refractivity contribution >= 4 is 28.2 Å². The molecule has 0 aliphatic carbocycles. The van der Waals surface area contributed by atoms with Crippen LogP contribution in [0.5, 0.6) is 0 Å². The maximum Gasteiger partial charge on any atom is 0.280 e. The number of benzene rings is 2.